The zero-order valence-electron chi connectivity index (χ0n) is 8.72. The highest BCUT2D eigenvalue weighted by atomic mass is 19.4. The molecule has 0 aliphatic carbocycles. The van der Waals surface area contributed by atoms with E-state index in [9.17, 15) is 13.2 Å². The number of hydrogen-bond donors (Lipinski definition) is 0. The number of rotatable bonds is 3. The summed E-state index contributed by atoms with van der Waals surface area (Å²) in [7, 11) is 0. The Kier molecular flexibility index (Phi) is 4.22. The molecule has 0 N–H and O–H groups in total. The summed E-state index contributed by atoms with van der Waals surface area (Å²) in [4.78, 5) is 0. The second kappa shape index (κ2) is 5.64. The number of nitrogens with zero attached hydrogens (tertiary/aromatic N) is 4. The van der Waals surface area contributed by atoms with E-state index >= 15 is 0 Å². The summed E-state index contributed by atoms with van der Waals surface area (Å²) in [5, 5.41) is 23.5. The quantitative estimate of drug-likeness (QED) is 0.777. The Hall–Kier alpha value is -2.61. The van der Waals surface area contributed by atoms with E-state index in [0.29, 0.717) is 0 Å². The lowest BCUT2D eigenvalue weighted by atomic mass is 10.3. The summed E-state index contributed by atoms with van der Waals surface area (Å²) in [5.74, 6) is -0.552. The first-order valence-electron chi connectivity index (χ1n) is 4.51. The van der Waals surface area contributed by atoms with E-state index in [1.807, 2.05) is 0 Å². The highest BCUT2D eigenvalue weighted by molar-refractivity contribution is 5.50. The van der Waals surface area contributed by atoms with Crippen molar-refractivity contribution in [3.8, 4) is 17.9 Å². The molecule has 0 aliphatic rings. The average Bonchev–Trinajstić information content (AvgIpc) is 2.30. The molecular formula is C10H5F3N4O. The van der Waals surface area contributed by atoms with Crippen LogP contribution in [0.4, 0.5) is 18.9 Å². The first-order valence-corrected chi connectivity index (χ1v) is 4.51. The lowest BCUT2D eigenvalue weighted by Gasteiger charge is -2.09. The zero-order valence-corrected chi connectivity index (χ0v) is 8.72. The number of azo groups is 1. The average molecular weight is 254 g/mol. The standard InChI is InChI=1S/C10H5F3N4O/c11-10(12,13)18-9-4-2-1-3-8(9)17-16-7(5-14)6-15/h1-4,7H. The molecule has 1 aromatic rings. The van der Waals surface area contributed by atoms with Gasteiger partial charge in [-0.05, 0) is 12.1 Å². The van der Waals surface area contributed by atoms with Crippen LogP contribution in [0.15, 0.2) is 34.5 Å². The third-order valence-electron chi connectivity index (χ3n) is 1.62. The van der Waals surface area contributed by atoms with Crippen molar-refractivity contribution in [2.75, 3.05) is 0 Å². The van der Waals surface area contributed by atoms with E-state index in [1.165, 1.54) is 30.3 Å². The molecule has 0 unspecified atom stereocenters. The predicted octanol–water partition coefficient (Wildman–Crippen LogP) is 3.08. The minimum absolute atomic E-state index is 0.217. The summed E-state index contributed by atoms with van der Waals surface area (Å²) >= 11 is 0. The molecule has 18 heavy (non-hydrogen) atoms. The van der Waals surface area contributed by atoms with Crippen LogP contribution in [0, 0.1) is 22.7 Å². The van der Waals surface area contributed by atoms with Crippen LogP contribution in [0.2, 0.25) is 0 Å². The van der Waals surface area contributed by atoms with Crippen LogP contribution in [0.25, 0.3) is 0 Å². The van der Waals surface area contributed by atoms with Gasteiger partial charge in [-0.2, -0.15) is 15.6 Å². The highest BCUT2D eigenvalue weighted by Crippen LogP contribution is 2.32. The van der Waals surface area contributed by atoms with Gasteiger partial charge in [0.2, 0.25) is 6.04 Å². The van der Waals surface area contributed by atoms with E-state index in [1.54, 1.807) is 0 Å². The molecule has 0 saturated heterocycles. The lowest BCUT2D eigenvalue weighted by molar-refractivity contribution is -0.274. The Morgan fingerprint density at radius 2 is 1.78 bits per heavy atom. The fraction of sp³-hybridized carbons (Fsp3) is 0.200. The third-order valence-corrected chi connectivity index (χ3v) is 1.62. The number of para-hydroxylation sites is 1. The van der Waals surface area contributed by atoms with Gasteiger partial charge < -0.3 is 4.74 Å². The fourth-order valence-corrected chi connectivity index (χ4v) is 0.951. The molecule has 1 rings (SSSR count). The SMILES string of the molecule is N#CC(C#N)N=Nc1ccccc1OC(F)(F)F. The molecule has 0 spiro atoms. The monoisotopic (exact) mass is 254 g/mol. The topological polar surface area (TPSA) is 81.5 Å². The molecule has 0 heterocycles. The number of alkyl halides is 3. The molecule has 0 bridgehead atoms. The number of nitriles is 2. The maximum atomic E-state index is 12.1. The minimum atomic E-state index is -4.85. The Bertz CT molecular complexity index is 513. The van der Waals surface area contributed by atoms with E-state index in [-0.39, 0.29) is 5.69 Å². The minimum Gasteiger partial charge on any atom is -0.403 e. The molecule has 0 fully saturated rings. The second-order valence-corrected chi connectivity index (χ2v) is 2.89. The molecule has 5 nitrogen and oxygen atoms in total. The van der Waals surface area contributed by atoms with E-state index < -0.39 is 18.2 Å². The van der Waals surface area contributed by atoms with Gasteiger partial charge >= 0.3 is 6.36 Å². The Labute approximate surface area is 99.7 Å². The van der Waals surface area contributed by atoms with Crippen molar-refractivity contribution in [3.05, 3.63) is 24.3 Å². The van der Waals surface area contributed by atoms with E-state index in [0.717, 1.165) is 6.07 Å². The van der Waals surface area contributed by atoms with Gasteiger partial charge in [0.15, 0.2) is 5.75 Å². The molecule has 0 amide bonds. The van der Waals surface area contributed by atoms with Crippen molar-refractivity contribution in [1.29, 1.82) is 10.5 Å². The molecule has 1 aromatic carbocycles. The van der Waals surface area contributed by atoms with Crippen LogP contribution in [0.5, 0.6) is 5.75 Å². The van der Waals surface area contributed by atoms with Crippen molar-refractivity contribution in [3.63, 3.8) is 0 Å². The van der Waals surface area contributed by atoms with Crippen molar-refractivity contribution in [1.82, 2.24) is 0 Å². The van der Waals surface area contributed by atoms with E-state index in [4.69, 9.17) is 10.5 Å². The predicted molar refractivity (Wildman–Crippen MR) is 52.7 cm³/mol. The van der Waals surface area contributed by atoms with Gasteiger partial charge in [-0.25, -0.2) is 0 Å². The summed E-state index contributed by atoms with van der Waals surface area (Å²) in [6.45, 7) is 0. The van der Waals surface area contributed by atoms with Gasteiger partial charge in [-0.3, -0.25) is 0 Å². The van der Waals surface area contributed by atoms with E-state index in [2.05, 4.69) is 15.0 Å². The summed E-state index contributed by atoms with van der Waals surface area (Å²) in [6, 6.07) is 6.66. The molecular weight excluding hydrogens is 249 g/mol. The number of ether oxygens (including phenoxy) is 1. The third kappa shape index (κ3) is 4.10. The Balaban J connectivity index is 2.97. The first kappa shape index (κ1) is 13.5. The maximum absolute atomic E-state index is 12.1. The van der Waals surface area contributed by atoms with Crippen molar-refractivity contribution < 1.29 is 17.9 Å². The van der Waals surface area contributed by atoms with Crippen LogP contribution >= 0.6 is 0 Å². The van der Waals surface area contributed by atoms with Crippen molar-refractivity contribution in [2.24, 2.45) is 10.2 Å². The summed E-state index contributed by atoms with van der Waals surface area (Å²) in [5.41, 5.74) is -0.217. The van der Waals surface area contributed by atoms with Crippen LogP contribution < -0.4 is 4.74 Å². The van der Waals surface area contributed by atoms with Gasteiger partial charge in [-0.1, -0.05) is 12.1 Å². The maximum Gasteiger partial charge on any atom is 0.573 e. The summed E-state index contributed by atoms with van der Waals surface area (Å²) in [6.07, 6.45) is -4.85. The fourth-order valence-electron chi connectivity index (χ4n) is 0.951. The zero-order chi connectivity index (χ0) is 13.6. The molecule has 0 atom stereocenters. The van der Waals surface area contributed by atoms with Crippen molar-refractivity contribution >= 4 is 5.69 Å². The molecule has 0 aromatic heterocycles. The van der Waals surface area contributed by atoms with Gasteiger partial charge in [0, 0.05) is 0 Å². The van der Waals surface area contributed by atoms with Crippen LogP contribution in [-0.2, 0) is 0 Å². The number of benzene rings is 1. The number of hydrogen-bond acceptors (Lipinski definition) is 5. The molecule has 8 heteroatoms. The molecule has 0 radical (unpaired) electrons. The molecule has 92 valence electrons. The Morgan fingerprint density at radius 3 is 2.33 bits per heavy atom. The van der Waals surface area contributed by atoms with Gasteiger partial charge in [0.25, 0.3) is 0 Å². The Morgan fingerprint density at radius 1 is 1.17 bits per heavy atom. The molecule has 0 saturated carbocycles. The first-order chi connectivity index (χ1) is 8.46. The number of halogens is 3. The smallest absolute Gasteiger partial charge is 0.403 e. The van der Waals surface area contributed by atoms with Crippen LogP contribution in [-0.4, -0.2) is 12.4 Å². The van der Waals surface area contributed by atoms with Gasteiger partial charge in [0.05, 0.1) is 0 Å². The van der Waals surface area contributed by atoms with Gasteiger partial charge in [-0.15, -0.1) is 18.3 Å². The van der Waals surface area contributed by atoms with Crippen LogP contribution in [0.3, 0.4) is 0 Å². The van der Waals surface area contributed by atoms with Crippen molar-refractivity contribution in [2.45, 2.75) is 12.4 Å². The van der Waals surface area contributed by atoms with Gasteiger partial charge in [0.1, 0.15) is 17.8 Å². The summed E-state index contributed by atoms with van der Waals surface area (Å²) < 4.78 is 39.9. The molecule has 0 aliphatic heterocycles. The van der Waals surface area contributed by atoms with Crippen LogP contribution in [0.1, 0.15) is 0 Å². The normalized spacial score (nSPS) is 11.2. The highest BCUT2D eigenvalue weighted by Gasteiger charge is 2.32. The largest absolute Gasteiger partial charge is 0.573 e. The lowest BCUT2D eigenvalue weighted by Crippen LogP contribution is -2.17. The second-order valence-electron chi connectivity index (χ2n) is 2.89.